The molecule has 0 aromatic rings. The van der Waals surface area contributed by atoms with Gasteiger partial charge < -0.3 is 9.84 Å². The summed E-state index contributed by atoms with van der Waals surface area (Å²) >= 11 is 0. The summed E-state index contributed by atoms with van der Waals surface area (Å²) in [5.74, 6) is -1.35. The number of halogens is 1. The van der Waals surface area contributed by atoms with Gasteiger partial charge in [0.05, 0.1) is 6.61 Å². The highest BCUT2D eigenvalue weighted by Gasteiger charge is 2.08. The Morgan fingerprint density at radius 2 is 1.94 bits per heavy atom. The van der Waals surface area contributed by atoms with Crippen LogP contribution in [0.3, 0.4) is 0 Å². The minimum atomic E-state index is -1.14. The fourth-order valence-electron chi connectivity index (χ4n) is 1.29. The SMILES string of the molecule is CCCCC(CC)COC(=O)C=CC(=O)O.Cl. The van der Waals surface area contributed by atoms with Crippen LogP contribution in [0, 0.1) is 5.92 Å². The van der Waals surface area contributed by atoms with Gasteiger partial charge in [-0.15, -0.1) is 12.4 Å². The smallest absolute Gasteiger partial charge is 0.331 e. The van der Waals surface area contributed by atoms with Crippen molar-refractivity contribution < 1.29 is 19.4 Å². The fraction of sp³-hybridized carbons (Fsp3) is 0.667. The Balaban J connectivity index is 0. The Morgan fingerprint density at radius 3 is 2.41 bits per heavy atom. The van der Waals surface area contributed by atoms with E-state index >= 15 is 0 Å². The summed E-state index contributed by atoms with van der Waals surface area (Å²) in [5.41, 5.74) is 0. The largest absolute Gasteiger partial charge is 0.478 e. The normalized spacial score (nSPS) is 11.9. The van der Waals surface area contributed by atoms with Crippen LogP contribution < -0.4 is 0 Å². The second kappa shape index (κ2) is 11.5. The summed E-state index contributed by atoms with van der Waals surface area (Å²) < 4.78 is 4.95. The molecule has 1 N–H and O–H groups in total. The number of esters is 1. The van der Waals surface area contributed by atoms with Gasteiger partial charge in [-0.2, -0.15) is 0 Å². The van der Waals surface area contributed by atoms with Crippen LogP contribution in [0.1, 0.15) is 39.5 Å². The number of rotatable bonds is 8. The van der Waals surface area contributed by atoms with Crippen molar-refractivity contribution in [1.29, 1.82) is 0 Å². The highest BCUT2D eigenvalue weighted by molar-refractivity contribution is 5.90. The standard InChI is InChI=1S/C12H20O4.ClH/c1-3-5-6-10(4-2)9-16-12(15)8-7-11(13)14;/h7-8,10H,3-6,9H2,1-2H3,(H,13,14);1H. The highest BCUT2D eigenvalue weighted by atomic mass is 35.5. The Kier molecular flexibility index (Phi) is 12.4. The van der Waals surface area contributed by atoms with Crippen molar-refractivity contribution >= 4 is 24.3 Å². The minimum Gasteiger partial charge on any atom is -0.478 e. The zero-order valence-electron chi connectivity index (χ0n) is 10.3. The molecule has 0 fully saturated rings. The summed E-state index contributed by atoms with van der Waals surface area (Å²) in [6, 6.07) is 0. The van der Waals surface area contributed by atoms with Crippen LogP contribution >= 0.6 is 12.4 Å². The number of unbranched alkanes of at least 4 members (excludes halogenated alkanes) is 1. The second-order valence-corrected chi connectivity index (χ2v) is 3.72. The van der Waals surface area contributed by atoms with E-state index in [1.165, 1.54) is 0 Å². The van der Waals surface area contributed by atoms with Crippen molar-refractivity contribution in [2.45, 2.75) is 39.5 Å². The molecule has 0 aromatic carbocycles. The molecule has 0 saturated carbocycles. The quantitative estimate of drug-likeness (QED) is 0.541. The lowest BCUT2D eigenvalue weighted by Crippen LogP contribution is -2.12. The number of hydrogen-bond donors (Lipinski definition) is 1. The van der Waals surface area contributed by atoms with Crippen LogP contribution in [0.4, 0.5) is 0 Å². The number of aliphatic carboxylic acids is 1. The monoisotopic (exact) mass is 264 g/mol. The van der Waals surface area contributed by atoms with E-state index < -0.39 is 11.9 Å². The fourth-order valence-corrected chi connectivity index (χ4v) is 1.29. The number of carbonyl (C=O) groups is 2. The van der Waals surface area contributed by atoms with Gasteiger partial charge in [0.1, 0.15) is 0 Å². The summed E-state index contributed by atoms with van der Waals surface area (Å²) in [6.07, 6.45) is 5.99. The molecule has 0 rings (SSSR count). The molecule has 1 unspecified atom stereocenters. The van der Waals surface area contributed by atoms with Gasteiger partial charge in [0, 0.05) is 12.2 Å². The Bertz CT molecular complexity index is 251. The van der Waals surface area contributed by atoms with Crippen molar-refractivity contribution in [3.05, 3.63) is 12.2 Å². The molecule has 0 amide bonds. The highest BCUT2D eigenvalue weighted by Crippen LogP contribution is 2.12. The van der Waals surface area contributed by atoms with Crippen LogP contribution in [-0.4, -0.2) is 23.7 Å². The molecular weight excluding hydrogens is 244 g/mol. The molecule has 0 aliphatic carbocycles. The molecule has 0 heterocycles. The molecule has 100 valence electrons. The van der Waals surface area contributed by atoms with Gasteiger partial charge in [-0.1, -0.05) is 33.1 Å². The molecule has 0 aliphatic heterocycles. The van der Waals surface area contributed by atoms with Crippen molar-refractivity contribution in [2.75, 3.05) is 6.61 Å². The average Bonchev–Trinajstić information content (AvgIpc) is 2.26. The molecule has 0 aromatic heterocycles. The van der Waals surface area contributed by atoms with Crippen LogP contribution in [0.5, 0.6) is 0 Å². The zero-order chi connectivity index (χ0) is 12.4. The van der Waals surface area contributed by atoms with Gasteiger partial charge in [0.25, 0.3) is 0 Å². The zero-order valence-corrected chi connectivity index (χ0v) is 11.2. The number of ether oxygens (including phenoxy) is 1. The molecule has 0 saturated heterocycles. The van der Waals surface area contributed by atoms with E-state index in [9.17, 15) is 9.59 Å². The lowest BCUT2D eigenvalue weighted by atomic mass is 10.0. The van der Waals surface area contributed by atoms with Crippen molar-refractivity contribution in [1.82, 2.24) is 0 Å². The number of carboxylic acids is 1. The lowest BCUT2D eigenvalue weighted by Gasteiger charge is -2.13. The molecule has 5 heteroatoms. The van der Waals surface area contributed by atoms with E-state index in [1.54, 1.807) is 0 Å². The maximum absolute atomic E-state index is 11.1. The van der Waals surface area contributed by atoms with Gasteiger partial charge in [-0.25, -0.2) is 9.59 Å². The predicted octanol–water partition coefficient (Wildman–Crippen LogP) is 2.81. The first-order chi connectivity index (χ1) is 7.60. The van der Waals surface area contributed by atoms with Crippen LogP contribution in [0.25, 0.3) is 0 Å². The van der Waals surface area contributed by atoms with Crippen LogP contribution in [-0.2, 0) is 14.3 Å². The lowest BCUT2D eigenvalue weighted by molar-refractivity contribution is -0.140. The maximum atomic E-state index is 11.1. The topological polar surface area (TPSA) is 63.6 Å². The van der Waals surface area contributed by atoms with Gasteiger partial charge in [0.15, 0.2) is 0 Å². The van der Waals surface area contributed by atoms with Gasteiger partial charge in [-0.3, -0.25) is 0 Å². The number of hydrogen-bond acceptors (Lipinski definition) is 3. The van der Waals surface area contributed by atoms with E-state index in [2.05, 4.69) is 13.8 Å². The first kappa shape index (κ1) is 18.3. The van der Waals surface area contributed by atoms with Crippen molar-refractivity contribution in [3.63, 3.8) is 0 Å². The van der Waals surface area contributed by atoms with E-state index in [1.807, 2.05) is 0 Å². The predicted molar refractivity (Wildman–Crippen MR) is 68.3 cm³/mol. The Hall–Kier alpha value is -1.03. The van der Waals surface area contributed by atoms with Gasteiger partial charge in [-0.05, 0) is 12.3 Å². The summed E-state index contributed by atoms with van der Waals surface area (Å²) in [5, 5.41) is 8.31. The third-order valence-corrected chi connectivity index (χ3v) is 2.37. The molecule has 0 bridgehead atoms. The van der Waals surface area contributed by atoms with E-state index in [4.69, 9.17) is 9.84 Å². The molecule has 1 atom stereocenters. The van der Waals surface area contributed by atoms with E-state index in [0.717, 1.165) is 37.8 Å². The van der Waals surface area contributed by atoms with Crippen LogP contribution in [0.2, 0.25) is 0 Å². The number of carboxylic acid groups (broad SMARTS) is 1. The van der Waals surface area contributed by atoms with E-state index in [-0.39, 0.29) is 12.4 Å². The Morgan fingerprint density at radius 1 is 1.29 bits per heavy atom. The third-order valence-electron chi connectivity index (χ3n) is 2.37. The van der Waals surface area contributed by atoms with E-state index in [0.29, 0.717) is 12.5 Å². The summed E-state index contributed by atoms with van der Waals surface area (Å²) in [4.78, 5) is 21.2. The molecule has 4 nitrogen and oxygen atoms in total. The first-order valence-corrected chi connectivity index (χ1v) is 5.67. The third kappa shape index (κ3) is 11.2. The van der Waals surface area contributed by atoms with Gasteiger partial charge in [0.2, 0.25) is 0 Å². The minimum absolute atomic E-state index is 0. The Labute approximate surface area is 108 Å². The van der Waals surface area contributed by atoms with Crippen LogP contribution in [0.15, 0.2) is 12.2 Å². The summed E-state index contributed by atoms with van der Waals surface area (Å²) in [7, 11) is 0. The van der Waals surface area contributed by atoms with Crippen molar-refractivity contribution in [3.8, 4) is 0 Å². The maximum Gasteiger partial charge on any atom is 0.331 e. The van der Waals surface area contributed by atoms with Crippen molar-refractivity contribution in [2.24, 2.45) is 5.92 Å². The molecule has 0 radical (unpaired) electrons. The molecule has 17 heavy (non-hydrogen) atoms. The molecule has 0 aliphatic rings. The molecular formula is C12H21ClO4. The van der Waals surface area contributed by atoms with Gasteiger partial charge >= 0.3 is 11.9 Å². The average molecular weight is 265 g/mol. The summed E-state index contributed by atoms with van der Waals surface area (Å²) in [6.45, 7) is 4.55. The number of carbonyl (C=O) groups excluding carboxylic acids is 1. The molecule has 0 spiro atoms. The first-order valence-electron chi connectivity index (χ1n) is 5.67. The second-order valence-electron chi connectivity index (χ2n) is 3.72.